The zero-order valence-corrected chi connectivity index (χ0v) is 12.2. The van der Waals surface area contributed by atoms with E-state index in [4.69, 9.17) is 0 Å². The molecule has 0 aromatic carbocycles. The zero-order chi connectivity index (χ0) is 15.0. The van der Waals surface area contributed by atoms with E-state index in [1.807, 2.05) is 13.8 Å². The number of nitrogens with one attached hydrogen (secondary N) is 3. The van der Waals surface area contributed by atoms with Gasteiger partial charge in [-0.05, 0) is 32.4 Å². The van der Waals surface area contributed by atoms with E-state index in [1.54, 1.807) is 18.3 Å². The molecule has 1 aromatic rings. The predicted octanol–water partition coefficient (Wildman–Crippen LogP) is 1.16. The number of pyridine rings is 1. The van der Waals surface area contributed by atoms with E-state index in [0.717, 1.165) is 18.7 Å². The molecule has 0 saturated carbocycles. The summed E-state index contributed by atoms with van der Waals surface area (Å²) in [6.07, 6.45) is 2.57. The fourth-order valence-electron chi connectivity index (χ4n) is 1.56. The first-order valence-corrected chi connectivity index (χ1v) is 6.80. The molecular formula is C14H22N4O2. The summed E-state index contributed by atoms with van der Waals surface area (Å²) in [5, 5.41) is 8.43. The third kappa shape index (κ3) is 5.69. The first-order valence-electron chi connectivity index (χ1n) is 6.80. The quantitative estimate of drug-likeness (QED) is 0.699. The number of hydrogen-bond donors (Lipinski definition) is 3. The van der Waals surface area contributed by atoms with Crippen LogP contribution in [-0.2, 0) is 4.79 Å². The molecule has 1 rings (SSSR count). The Morgan fingerprint density at radius 2 is 2.10 bits per heavy atom. The fraction of sp³-hybridized carbons (Fsp3) is 0.500. The van der Waals surface area contributed by atoms with Crippen molar-refractivity contribution in [1.29, 1.82) is 0 Å². The van der Waals surface area contributed by atoms with E-state index in [0.29, 0.717) is 5.69 Å². The average molecular weight is 278 g/mol. The number of aromatic nitrogens is 1. The van der Waals surface area contributed by atoms with Gasteiger partial charge in [0.05, 0.1) is 6.54 Å². The van der Waals surface area contributed by atoms with E-state index in [-0.39, 0.29) is 24.4 Å². The van der Waals surface area contributed by atoms with Crippen LogP contribution in [0.3, 0.4) is 0 Å². The lowest BCUT2D eigenvalue weighted by Gasteiger charge is -2.10. The van der Waals surface area contributed by atoms with Crippen molar-refractivity contribution < 1.29 is 9.59 Å². The molecule has 0 aliphatic rings. The highest BCUT2D eigenvalue weighted by atomic mass is 16.2. The predicted molar refractivity (Wildman–Crippen MR) is 78.6 cm³/mol. The molecule has 1 heterocycles. The molecule has 2 amide bonds. The molecule has 6 nitrogen and oxygen atoms in total. The lowest BCUT2D eigenvalue weighted by molar-refractivity contribution is -0.120. The van der Waals surface area contributed by atoms with Crippen LogP contribution in [0.15, 0.2) is 18.3 Å². The van der Waals surface area contributed by atoms with Crippen molar-refractivity contribution in [3.63, 3.8) is 0 Å². The van der Waals surface area contributed by atoms with Gasteiger partial charge in [-0.2, -0.15) is 0 Å². The van der Waals surface area contributed by atoms with Crippen molar-refractivity contribution in [3.05, 3.63) is 24.0 Å². The first-order chi connectivity index (χ1) is 9.52. The molecule has 0 bridgehead atoms. The summed E-state index contributed by atoms with van der Waals surface area (Å²) in [5.74, 6) is -0.572. The van der Waals surface area contributed by atoms with Crippen LogP contribution in [0, 0.1) is 0 Å². The summed E-state index contributed by atoms with van der Waals surface area (Å²) in [6, 6.07) is 3.53. The van der Waals surface area contributed by atoms with Crippen LogP contribution in [0.5, 0.6) is 0 Å². The van der Waals surface area contributed by atoms with Crippen LogP contribution < -0.4 is 16.0 Å². The van der Waals surface area contributed by atoms with Gasteiger partial charge in [-0.3, -0.25) is 14.6 Å². The van der Waals surface area contributed by atoms with Crippen molar-refractivity contribution in [2.24, 2.45) is 0 Å². The second-order valence-corrected chi connectivity index (χ2v) is 4.76. The summed E-state index contributed by atoms with van der Waals surface area (Å²) >= 11 is 0. The van der Waals surface area contributed by atoms with Crippen molar-refractivity contribution in [3.8, 4) is 0 Å². The Hall–Kier alpha value is -2.11. The molecule has 1 aromatic heterocycles. The van der Waals surface area contributed by atoms with E-state index in [2.05, 4.69) is 27.9 Å². The number of rotatable bonds is 7. The SMILES string of the molecule is CCCNc1ccnc(C(=O)NCC(=O)NC(C)C)c1. The molecule has 0 aliphatic carbocycles. The van der Waals surface area contributed by atoms with Crippen LogP contribution in [0.2, 0.25) is 0 Å². The van der Waals surface area contributed by atoms with Gasteiger partial charge in [0.1, 0.15) is 5.69 Å². The Labute approximate surface area is 119 Å². The van der Waals surface area contributed by atoms with Crippen LogP contribution in [-0.4, -0.2) is 35.9 Å². The maximum Gasteiger partial charge on any atom is 0.270 e. The highest BCUT2D eigenvalue weighted by Crippen LogP contribution is 2.07. The van der Waals surface area contributed by atoms with Gasteiger partial charge in [-0.1, -0.05) is 6.92 Å². The minimum absolute atomic E-state index is 0.0503. The third-order valence-corrected chi connectivity index (χ3v) is 2.43. The molecule has 0 unspecified atom stereocenters. The average Bonchev–Trinajstić information content (AvgIpc) is 2.42. The standard InChI is InChI=1S/C14H22N4O2/c1-4-6-15-11-5-7-16-12(8-11)14(20)17-9-13(19)18-10(2)3/h5,7-8,10H,4,6,9H2,1-3H3,(H,15,16)(H,17,20)(H,18,19). The molecular weight excluding hydrogens is 256 g/mol. The molecule has 3 N–H and O–H groups in total. The second kappa shape index (κ2) is 8.14. The highest BCUT2D eigenvalue weighted by Gasteiger charge is 2.10. The topological polar surface area (TPSA) is 83.1 Å². The Bertz CT molecular complexity index is 460. The Morgan fingerprint density at radius 1 is 1.35 bits per heavy atom. The number of carbonyl (C=O) groups excluding carboxylic acids is 2. The van der Waals surface area contributed by atoms with E-state index in [1.165, 1.54) is 0 Å². The number of carbonyl (C=O) groups is 2. The smallest absolute Gasteiger partial charge is 0.270 e. The molecule has 0 saturated heterocycles. The van der Waals surface area contributed by atoms with Gasteiger partial charge < -0.3 is 16.0 Å². The van der Waals surface area contributed by atoms with Crippen molar-refractivity contribution in [2.75, 3.05) is 18.4 Å². The van der Waals surface area contributed by atoms with E-state index in [9.17, 15) is 9.59 Å². The van der Waals surface area contributed by atoms with Gasteiger partial charge in [-0.15, -0.1) is 0 Å². The lowest BCUT2D eigenvalue weighted by atomic mass is 10.3. The van der Waals surface area contributed by atoms with Gasteiger partial charge in [0.15, 0.2) is 0 Å². The summed E-state index contributed by atoms with van der Waals surface area (Å²) in [6.45, 7) is 6.58. The Balaban J connectivity index is 2.52. The largest absolute Gasteiger partial charge is 0.385 e. The molecule has 6 heteroatoms. The fourth-order valence-corrected chi connectivity index (χ4v) is 1.56. The Morgan fingerprint density at radius 3 is 2.75 bits per heavy atom. The molecule has 110 valence electrons. The minimum atomic E-state index is -0.357. The molecule has 0 atom stereocenters. The zero-order valence-electron chi connectivity index (χ0n) is 12.2. The number of anilines is 1. The number of hydrogen-bond acceptors (Lipinski definition) is 4. The summed E-state index contributed by atoms with van der Waals surface area (Å²) in [4.78, 5) is 27.3. The lowest BCUT2D eigenvalue weighted by Crippen LogP contribution is -2.40. The summed E-state index contributed by atoms with van der Waals surface area (Å²) in [5.41, 5.74) is 1.14. The second-order valence-electron chi connectivity index (χ2n) is 4.76. The van der Waals surface area contributed by atoms with Gasteiger partial charge in [0.25, 0.3) is 5.91 Å². The van der Waals surface area contributed by atoms with Gasteiger partial charge in [-0.25, -0.2) is 0 Å². The van der Waals surface area contributed by atoms with Crippen molar-refractivity contribution in [2.45, 2.75) is 33.2 Å². The van der Waals surface area contributed by atoms with Gasteiger partial charge in [0.2, 0.25) is 5.91 Å². The first kappa shape index (κ1) is 15.9. The van der Waals surface area contributed by atoms with Crippen molar-refractivity contribution in [1.82, 2.24) is 15.6 Å². The molecule has 0 radical (unpaired) electrons. The Kier molecular flexibility index (Phi) is 6.49. The molecule has 0 spiro atoms. The monoisotopic (exact) mass is 278 g/mol. The number of nitrogens with zero attached hydrogens (tertiary/aromatic N) is 1. The molecule has 0 fully saturated rings. The van der Waals surface area contributed by atoms with E-state index < -0.39 is 0 Å². The normalized spacial score (nSPS) is 10.2. The molecule has 0 aliphatic heterocycles. The van der Waals surface area contributed by atoms with Gasteiger partial charge in [0, 0.05) is 24.5 Å². The molecule has 20 heavy (non-hydrogen) atoms. The highest BCUT2D eigenvalue weighted by molar-refractivity contribution is 5.95. The summed E-state index contributed by atoms with van der Waals surface area (Å²) in [7, 11) is 0. The maximum atomic E-state index is 11.9. The van der Waals surface area contributed by atoms with Crippen LogP contribution in [0.1, 0.15) is 37.7 Å². The van der Waals surface area contributed by atoms with Crippen LogP contribution in [0.25, 0.3) is 0 Å². The number of amides is 2. The van der Waals surface area contributed by atoms with Gasteiger partial charge >= 0.3 is 0 Å². The van der Waals surface area contributed by atoms with E-state index >= 15 is 0 Å². The third-order valence-electron chi connectivity index (χ3n) is 2.43. The van der Waals surface area contributed by atoms with Crippen LogP contribution in [0.4, 0.5) is 5.69 Å². The van der Waals surface area contributed by atoms with Crippen molar-refractivity contribution >= 4 is 17.5 Å². The van der Waals surface area contributed by atoms with Crippen LogP contribution >= 0.6 is 0 Å². The summed E-state index contributed by atoms with van der Waals surface area (Å²) < 4.78 is 0. The minimum Gasteiger partial charge on any atom is -0.385 e. The maximum absolute atomic E-state index is 11.9.